The van der Waals surface area contributed by atoms with E-state index in [1.54, 1.807) is 0 Å². The molecule has 0 aromatic heterocycles. The van der Waals surface area contributed by atoms with E-state index in [0.717, 1.165) is 24.8 Å². The van der Waals surface area contributed by atoms with Gasteiger partial charge in [0.05, 0.1) is 6.10 Å². The predicted octanol–water partition coefficient (Wildman–Crippen LogP) is 4.63. The molecule has 0 bridgehead atoms. The van der Waals surface area contributed by atoms with Gasteiger partial charge in [0.2, 0.25) is 0 Å². The summed E-state index contributed by atoms with van der Waals surface area (Å²) in [7, 11) is 0. The Morgan fingerprint density at radius 1 is 1.10 bits per heavy atom. The molecule has 0 heterocycles. The molecule has 1 saturated carbocycles. The van der Waals surface area contributed by atoms with Gasteiger partial charge in [-0.2, -0.15) is 0 Å². The molecule has 104 valence electrons. The number of aliphatic hydroxyl groups is 1. The van der Waals surface area contributed by atoms with Crippen molar-refractivity contribution in [2.75, 3.05) is 0 Å². The Morgan fingerprint density at radius 2 is 1.80 bits per heavy atom. The molecule has 0 amide bonds. The van der Waals surface area contributed by atoms with Crippen LogP contribution in [0.15, 0.2) is 48.5 Å². The summed E-state index contributed by atoms with van der Waals surface area (Å²) in [6.45, 7) is 0. The number of benzene rings is 2. The molecule has 1 aliphatic carbocycles. The third-order valence-corrected chi connectivity index (χ3v) is 4.71. The molecule has 1 nitrogen and oxygen atoms in total. The quantitative estimate of drug-likeness (QED) is 0.873. The number of hydrogen-bond acceptors (Lipinski definition) is 1. The topological polar surface area (TPSA) is 20.2 Å². The molecule has 0 saturated heterocycles. The van der Waals surface area contributed by atoms with Gasteiger partial charge in [-0.1, -0.05) is 48.4 Å². The highest BCUT2D eigenvalue weighted by Crippen LogP contribution is 2.53. The molecular formula is C17H16ClFO. The second-order valence-corrected chi connectivity index (χ2v) is 5.85. The van der Waals surface area contributed by atoms with E-state index in [0.29, 0.717) is 10.6 Å². The van der Waals surface area contributed by atoms with E-state index in [9.17, 15) is 9.50 Å². The largest absolute Gasteiger partial charge is 0.387 e. The maximum Gasteiger partial charge on any atom is 0.123 e. The molecule has 1 fully saturated rings. The van der Waals surface area contributed by atoms with E-state index in [4.69, 9.17) is 11.6 Å². The van der Waals surface area contributed by atoms with Crippen molar-refractivity contribution in [1.82, 2.24) is 0 Å². The first-order valence-electron chi connectivity index (χ1n) is 6.82. The third kappa shape index (κ3) is 2.13. The first-order chi connectivity index (χ1) is 9.63. The summed E-state index contributed by atoms with van der Waals surface area (Å²) >= 11 is 6.14. The second kappa shape index (κ2) is 5.19. The summed E-state index contributed by atoms with van der Waals surface area (Å²) in [5, 5.41) is 11.2. The summed E-state index contributed by atoms with van der Waals surface area (Å²) in [5.74, 6) is -0.369. The summed E-state index contributed by atoms with van der Waals surface area (Å²) in [5.41, 5.74) is 1.24. The van der Waals surface area contributed by atoms with Crippen molar-refractivity contribution >= 4 is 11.6 Å². The molecule has 0 spiro atoms. The van der Waals surface area contributed by atoms with Gasteiger partial charge < -0.3 is 5.11 Å². The summed E-state index contributed by atoms with van der Waals surface area (Å²) in [6, 6.07) is 14.1. The summed E-state index contributed by atoms with van der Waals surface area (Å²) in [6.07, 6.45) is 2.08. The van der Waals surface area contributed by atoms with Gasteiger partial charge in [0.25, 0.3) is 0 Å². The van der Waals surface area contributed by atoms with Crippen molar-refractivity contribution in [2.24, 2.45) is 0 Å². The van der Waals surface area contributed by atoms with Gasteiger partial charge in [-0.05, 0) is 36.6 Å². The second-order valence-electron chi connectivity index (χ2n) is 5.44. The maximum absolute atomic E-state index is 13.5. The van der Waals surface area contributed by atoms with Crippen LogP contribution in [0.4, 0.5) is 4.39 Å². The van der Waals surface area contributed by atoms with E-state index < -0.39 is 6.10 Å². The van der Waals surface area contributed by atoms with Gasteiger partial charge in [-0.25, -0.2) is 4.39 Å². The van der Waals surface area contributed by atoms with Crippen molar-refractivity contribution in [3.05, 3.63) is 70.5 Å². The lowest BCUT2D eigenvalue weighted by Gasteiger charge is -2.46. The molecule has 0 aliphatic heterocycles. The highest BCUT2D eigenvalue weighted by Gasteiger charge is 2.46. The van der Waals surface area contributed by atoms with Crippen molar-refractivity contribution in [2.45, 2.75) is 30.8 Å². The van der Waals surface area contributed by atoms with Gasteiger partial charge in [0.1, 0.15) is 5.82 Å². The van der Waals surface area contributed by atoms with Crippen molar-refractivity contribution in [3.63, 3.8) is 0 Å². The first-order valence-corrected chi connectivity index (χ1v) is 7.20. The van der Waals surface area contributed by atoms with E-state index in [1.807, 2.05) is 30.3 Å². The van der Waals surface area contributed by atoms with Crippen molar-refractivity contribution in [3.8, 4) is 0 Å². The van der Waals surface area contributed by atoms with Crippen LogP contribution in [-0.2, 0) is 5.41 Å². The highest BCUT2D eigenvalue weighted by molar-refractivity contribution is 6.31. The molecule has 0 radical (unpaired) electrons. The Hall–Kier alpha value is -1.38. The number of rotatable bonds is 3. The average molecular weight is 291 g/mol. The van der Waals surface area contributed by atoms with Crippen LogP contribution in [-0.4, -0.2) is 5.11 Å². The fourth-order valence-corrected chi connectivity index (χ4v) is 3.29. The number of halogens is 2. The lowest BCUT2D eigenvalue weighted by molar-refractivity contribution is 0.0267. The Morgan fingerprint density at radius 3 is 2.40 bits per heavy atom. The summed E-state index contributed by atoms with van der Waals surface area (Å²) in [4.78, 5) is 0. The van der Waals surface area contributed by atoms with Crippen LogP contribution < -0.4 is 0 Å². The van der Waals surface area contributed by atoms with Crippen LogP contribution >= 0.6 is 11.6 Å². The fourth-order valence-electron chi connectivity index (χ4n) is 3.07. The minimum absolute atomic E-state index is 0.335. The normalized spacial score (nSPS) is 18.4. The van der Waals surface area contributed by atoms with Crippen LogP contribution in [0, 0.1) is 5.82 Å². The Balaban J connectivity index is 2.03. The van der Waals surface area contributed by atoms with Crippen molar-refractivity contribution in [1.29, 1.82) is 0 Å². The Kier molecular flexibility index (Phi) is 3.53. The molecule has 2 aromatic rings. The van der Waals surface area contributed by atoms with Crippen molar-refractivity contribution < 1.29 is 9.50 Å². The molecule has 1 atom stereocenters. The van der Waals surface area contributed by atoms with Gasteiger partial charge in [-0.3, -0.25) is 0 Å². The smallest absolute Gasteiger partial charge is 0.123 e. The Labute approximate surface area is 123 Å². The molecule has 1 unspecified atom stereocenters. The minimum Gasteiger partial charge on any atom is -0.387 e. The molecule has 3 heteroatoms. The molecule has 1 N–H and O–H groups in total. The number of hydrogen-bond donors (Lipinski definition) is 1. The summed E-state index contributed by atoms with van der Waals surface area (Å²) < 4.78 is 13.5. The van der Waals surface area contributed by atoms with Crippen LogP contribution in [0.5, 0.6) is 0 Å². The molecule has 2 aromatic carbocycles. The van der Waals surface area contributed by atoms with Crippen LogP contribution in [0.3, 0.4) is 0 Å². The number of aliphatic hydroxyl groups excluding tert-OH is 1. The van der Waals surface area contributed by atoms with E-state index >= 15 is 0 Å². The molecule has 3 rings (SSSR count). The van der Waals surface area contributed by atoms with Gasteiger partial charge >= 0.3 is 0 Å². The van der Waals surface area contributed by atoms with E-state index in [1.165, 1.54) is 18.2 Å². The third-order valence-electron chi connectivity index (χ3n) is 4.37. The lowest BCUT2D eigenvalue weighted by atomic mass is 9.60. The first kappa shape index (κ1) is 13.6. The van der Waals surface area contributed by atoms with Crippen LogP contribution in [0.1, 0.15) is 36.5 Å². The molecule has 20 heavy (non-hydrogen) atoms. The Bertz CT molecular complexity index is 608. The lowest BCUT2D eigenvalue weighted by Crippen LogP contribution is -2.40. The molecular weight excluding hydrogens is 275 g/mol. The minimum atomic E-state index is -0.776. The zero-order valence-electron chi connectivity index (χ0n) is 11.0. The molecule has 1 aliphatic rings. The fraction of sp³-hybridized carbons (Fsp3) is 0.294. The van der Waals surface area contributed by atoms with E-state index in [-0.39, 0.29) is 11.2 Å². The zero-order chi connectivity index (χ0) is 14.2. The average Bonchev–Trinajstić information content (AvgIpc) is 2.41. The zero-order valence-corrected chi connectivity index (χ0v) is 11.8. The van der Waals surface area contributed by atoms with Crippen LogP contribution in [0.2, 0.25) is 5.02 Å². The van der Waals surface area contributed by atoms with E-state index in [2.05, 4.69) is 0 Å². The van der Waals surface area contributed by atoms with Gasteiger partial charge in [0.15, 0.2) is 0 Å². The van der Waals surface area contributed by atoms with Gasteiger partial charge in [-0.15, -0.1) is 0 Å². The maximum atomic E-state index is 13.5. The SMILES string of the molecule is OC(c1cc(F)ccc1Cl)C1(c2ccccc2)CCC1. The highest BCUT2D eigenvalue weighted by atomic mass is 35.5. The predicted molar refractivity (Wildman–Crippen MR) is 78.3 cm³/mol. The standard InChI is InChI=1S/C17H16ClFO/c18-15-8-7-13(19)11-14(15)16(20)17(9-4-10-17)12-5-2-1-3-6-12/h1-3,5-8,11,16,20H,4,9-10H2. The van der Waals surface area contributed by atoms with Crippen LogP contribution in [0.25, 0.3) is 0 Å². The monoisotopic (exact) mass is 290 g/mol. The van der Waals surface area contributed by atoms with Gasteiger partial charge in [0, 0.05) is 16.0 Å².